The molecule has 2 rings (SSSR count). The summed E-state index contributed by atoms with van der Waals surface area (Å²) in [5, 5.41) is 9.60. The van der Waals surface area contributed by atoms with Crippen LogP contribution in [-0.2, 0) is 4.79 Å². The third-order valence-electron chi connectivity index (χ3n) is 3.99. The van der Waals surface area contributed by atoms with Crippen molar-refractivity contribution in [2.75, 3.05) is 4.90 Å². The molecule has 0 amide bonds. The smallest absolute Gasteiger partial charge is 0.326 e. The highest BCUT2D eigenvalue weighted by molar-refractivity contribution is 5.86. The first kappa shape index (κ1) is 15.5. The lowest BCUT2D eigenvalue weighted by Gasteiger charge is -2.46. The normalized spacial score (nSPS) is 18.0. The third kappa shape index (κ3) is 2.80. The molecular weight excluding hydrogens is 269 g/mol. The van der Waals surface area contributed by atoms with Crippen LogP contribution in [0.5, 0.6) is 0 Å². The third-order valence-corrected chi connectivity index (χ3v) is 3.99. The first-order valence-corrected chi connectivity index (χ1v) is 7.29. The van der Waals surface area contributed by atoms with Crippen LogP contribution >= 0.6 is 0 Å². The van der Waals surface area contributed by atoms with Gasteiger partial charge in [0.15, 0.2) is 0 Å². The van der Waals surface area contributed by atoms with Crippen molar-refractivity contribution in [3.05, 3.63) is 35.7 Å². The predicted molar refractivity (Wildman–Crippen MR) is 82.9 cm³/mol. The van der Waals surface area contributed by atoms with E-state index in [9.17, 15) is 14.3 Å². The molecule has 0 unspecified atom stereocenters. The number of benzene rings is 1. The number of hydrogen-bond donors (Lipinski definition) is 1. The first-order chi connectivity index (χ1) is 9.77. The number of carboxylic acids is 1. The Labute approximate surface area is 125 Å². The summed E-state index contributed by atoms with van der Waals surface area (Å²) in [7, 11) is 0. The number of allylic oxidation sites excluding steroid dienone is 1. The lowest BCUT2D eigenvalue weighted by molar-refractivity contribution is -0.139. The number of rotatable bonds is 4. The standard InChI is InChI=1S/C17H22FNO2/c1-5-6-15(16(20)21)19-14-8-7-12(18)9-13(14)11(2)10-17(19,3)4/h7-10,15H,5-6H2,1-4H3,(H,20,21)/t15-/m0/s1. The van der Waals surface area contributed by atoms with Crippen molar-refractivity contribution in [3.63, 3.8) is 0 Å². The summed E-state index contributed by atoms with van der Waals surface area (Å²) in [6.07, 6.45) is 3.35. The Morgan fingerprint density at radius 2 is 2.10 bits per heavy atom. The molecule has 114 valence electrons. The fourth-order valence-electron chi connectivity index (χ4n) is 3.23. The number of hydrogen-bond acceptors (Lipinski definition) is 2. The molecule has 1 aromatic carbocycles. The van der Waals surface area contributed by atoms with Crippen LogP contribution in [0.3, 0.4) is 0 Å². The molecule has 3 nitrogen and oxygen atoms in total. The molecule has 21 heavy (non-hydrogen) atoms. The molecule has 0 bridgehead atoms. The van der Waals surface area contributed by atoms with Crippen LogP contribution in [-0.4, -0.2) is 22.7 Å². The molecule has 1 aliphatic heterocycles. The Morgan fingerprint density at radius 3 is 2.67 bits per heavy atom. The van der Waals surface area contributed by atoms with Crippen molar-refractivity contribution in [1.82, 2.24) is 0 Å². The highest BCUT2D eigenvalue weighted by atomic mass is 19.1. The molecule has 1 atom stereocenters. The number of carbonyl (C=O) groups is 1. The van der Waals surface area contributed by atoms with E-state index in [-0.39, 0.29) is 5.82 Å². The number of nitrogens with zero attached hydrogens (tertiary/aromatic N) is 1. The van der Waals surface area contributed by atoms with Gasteiger partial charge in [-0.3, -0.25) is 0 Å². The van der Waals surface area contributed by atoms with Gasteiger partial charge in [0.2, 0.25) is 0 Å². The minimum atomic E-state index is -0.840. The number of carboxylic acid groups (broad SMARTS) is 1. The van der Waals surface area contributed by atoms with Gasteiger partial charge < -0.3 is 10.0 Å². The predicted octanol–water partition coefficient (Wildman–Crippen LogP) is 4.08. The fourth-order valence-corrected chi connectivity index (χ4v) is 3.23. The van der Waals surface area contributed by atoms with E-state index in [4.69, 9.17) is 0 Å². The topological polar surface area (TPSA) is 40.5 Å². The van der Waals surface area contributed by atoms with E-state index < -0.39 is 17.6 Å². The van der Waals surface area contributed by atoms with Crippen molar-refractivity contribution >= 4 is 17.2 Å². The molecule has 0 saturated carbocycles. The van der Waals surface area contributed by atoms with Crippen LogP contribution in [0.15, 0.2) is 24.3 Å². The zero-order chi connectivity index (χ0) is 15.8. The van der Waals surface area contributed by atoms with Crippen molar-refractivity contribution in [2.45, 2.75) is 52.1 Å². The molecule has 1 aromatic rings. The van der Waals surface area contributed by atoms with E-state index in [1.54, 1.807) is 6.07 Å². The van der Waals surface area contributed by atoms with Crippen molar-refractivity contribution < 1.29 is 14.3 Å². The molecule has 0 saturated heterocycles. The number of anilines is 1. The fraction of sp³-hybridized carbons (Fsp3) is 0.471. The summed E-state index contributed by atoms with van der Waals surface area (Å²) in [6, 6.07) is 3.95. The number of halogens is 1. The molecule has 0 aliphatic carbocycles. The molecule has 0 fully saturated rings. The largest absolute Gasteiger partial charge is 0.480 e. The Bertz CT molecular complexity index is 592. The SMILES string of the molecule is CCC[C@@H](C(=O)O)N1c2ccc(F)cc2C(C)=CC1(C)C. The van der Waals surface area contributed by atoms with Crippen molar-refractivity contribution in [1.29, 1.82) is 0 Å². The average Bonchev–Trinajstić information content (AvgIpc) is 2.37. The van der Waals surface area contributed by atoms with Crippen LogP contribution in [0, 0.1) is 5.82 Å². The summed E-state index contributed by atoms with van der Waals surface area (Å²) in [6.45, 7) is 7.90. The van der Waals surface area contributed by atoms with E-state index in [1.807, 2.05) is 38.7 Å². The second kappa shape index (κ2) is 5.51. The van der Waals surface area contributed by atoms with Crippen LogP contribution in [0.2, 0.25) is 0 Å². The van der Waals surface area contributed by atoms with Crippen LogP contribution in [0.4, 0.5) is 10.1 Å². The monoisotopic (exact) mass is 291 g/mol. The Morgan fingerprint density at radius 1 is 1.43 bits per heavy atom. The minimum Gasteiger partial charge on any atom is -0.480 e. The van der Waals surface area contributed by atoms with E-state index >= 15 is 0 Å². The zero-order valence-corrected chi connectivity index (χ0v) is 13.0. The van der Waals surface area contributed by atoms with E-state index in [2.05, 4.69) is 0 Å². The van der Waals surface area contributed by atoms with Crippen molar-refractivity contribution in [3.8, 4) is 0 Å². The highest BCUT2D eigenvalue weighted by Gasteiger charge is 2.38. The molecule has 0 spiro atoms. The molecule has 1 aliphatic rings. The van der Waals surface area contributed by atoms with Gasteiger partial charge in [-0.1, -0.05) is 19.4 Å². The zero-order valence-electron chi connectivity index (χ0n) is 13.0. The highest BCUT2D eigenvalue weighted by Crippen LogP contribution is 2.41. The summed E-state index contributed by atoms with van der Waals surface area (Å²) < 4.78 is 13.5. The average molecular weight is 291 g/mol. The van der Waals surface area contributed by atoms with Crippen LogP contribution in [0.1, 0.15) is 46.1 Å². The summed E-state index contributed by atoms with van der Waals surface area (Å²) >= 11 is 0. The molecule has 4 heteroatoms. The van der Waals surface area contributed by atoms with Gasteiger partial charge in [-0.15, -0.1) is 0 Å². The Hall–Kier alpha value is -1.84. The van der Waals surface area contributed by atoms with Gasteiger partial charge in [0.05, 0.1) is 5.54 Å². The van der Waals surface area contributed by atoms with Gasteiger partial charge in [0.1, 0.15) is 11.9 Å². The van der Waals surface area contributed by atoms with E-state index in [0.717, 1.165) is 23.2 Å². The van der Waals surface area contributed by atoms with Crippen LogP contribution < -0.4 is 4.90 Å². The van der Waals surface area contributed by atoms with Gasteiger partial charge in [-0.2, -0.15) is 0 Å². The summed E-state index contributed by atoms with van der Waals surface area (Å²) in [5.74, 6) is -1.14. The van der Waals surface area contributed by atoms with Gasteiger partial charge in [0, 0.05) is 11.3 Å². The summed E-state index contributed by atoms with van der Waals surface area (Å²) in [5.41, 5.74) is 2.12. The maximum absolute atomic E-state index is 13.5. The molecule has 1 N–H and O–H groups in total. The molecule has 1 heterocycles. The summed E-state index contributed by atoms with van der Waals surface area (Å²) in [4.78, 5) is 13.6. The Balaban J connectivity index is 2.61. The lowest BCUT2D eigenvalue weighted by Crippen LogP contribution is -2.54. The van der Waals surface area contributed by atoms with Gasteiger partial charge >= 0.3 is 5.97 Å². The molecule has 0 radical (unpaired) electrons. The maximum Gasteiger partial charge on any atom is 0.326 e. The molecular formula is C17H22FNO2. The number of fused-ring (bicyclic) bond motifs is 1. The van der Waals surface area contributed by atoms with Gasteiger partial charge in [-0.05, 0) is 51.0 Å². The minimum absolute atomic E-state index is 0.302. The van der Waals surface area contributed by atoms with E-state index in [0.29, 0.717) is 6.42 Å². The number of aliphatic carboxylic acids is 1. The second-order valence-corrected chi connectivity index (χ2v) is 6.16. The quantitative estimate of drug-likeness (QED) is 0.908. The first-order valence-electron chi connectivity index (χ1n) is 7.29. The molecule has 0 aromatic heterocycles. The lowest BCUT2D eigenvalue weighted by atomic mass is 9.86. The van der Waals surface area contributed by atoms with Gasteiger partial charge in [0.25, 0.3) is 0 Å². The van der Waals surface area contributed by atoms with Crippen LogP contribution in [0.25, 0.3) is 5.57 Å². The maximum atomic E-state index is 13.5. The van der Waals surface area contributed by atoms with E-state index in [1.165, 1.54) is 12.1 Å². The van der Waals surface area contributed by atoms with Gasteiger partial charge in [-0.25, -0.2) is 9.18 Å². The Kier molecular flexibility index (Phi) is 4.08. The second-order valence-electron chi connectivity index (χ2n) is 6.16. The van der Waals surface area contributed by atoms with Crippen molar-refractivity contribution in [2.24, 2.45) is 0 Å².